The fourth-order valence-corrected chi connectivity index (χ4v) is 6.12. The van der Waals surface area contributed by atoms with Gasteiger partial charge in [0.2, 0.25) is 5.91 Å². The maximum Gasteiger partial charge on any atom is 0.417 e. The van der Waals surface area contributed by atoms with Gasteiger partial charge in [0.05, 0.1) is 11.0 Å². The number of pyridine rings is 1. The summed E-state index contributed by atoms with van der Waals surface area (Å²) < 4.78 is 39.5. The van der Waals surface area contributed by atoms with E-state index < -0.39 is 17.2 Å². The Morgan fingerprint density at radius 1 is 1.25 bits per heavy atom. The van der Waals surface area contributed by atoms with E-state index in [1.807, 2.05) is 0 Å². The fourth-order valence-electron chi connectivity index (χ4n) is 6.12. The van der Waals surface area contributed by atoms with Gasteiger partial charge in [-0.3, -0.25) is 9.78 Å². The van der Waals surface area contributed by atoms with E-state index in [-0.39, 0.29) is 18.4 Å². The van der Waals surface area contributed by atoms with E-state index in [1.54, 1.807) is 4.90 Å². The highest BCUT2D eigenvalue weighted by molar-refractivity contribution is 5.83. The van der Waals surface area contributed by atoms with Crippen LogP contribution in [0.2, 0.25) is 0 Å². The summed E-state index contributed by atoms with van der Waals surface area (Å²) in [6.45, 7) is 7.30. The van der Waals surface area contributed by atoms with Gasteiger partial charge in [-0.25, -0.2) is 0 Å². The number of rotatable bonds is 4. The van der Waals surface area contributed by atoms with Gasteiger partial charge in [-0.1, -0.05) is 33.6 Å². The van der Waals surface area contributed by atoms with Crippen LogP contribution in [0.5, 0.6) is 0 Å². The van der Waals surface area contributed by atoms with Crippen LogP contribution in [-0.2, 0) is 23.9 Å². The summed E-state index contributed by atoms with van der Waals surface area (Å²) in [6, 6.07) is 2.04. The van der Waals surface area contributed by atoms with Crippen LogP contribution in [0.15, 0.2) is 12.3 Å². The number of nitrogens with zero attached hydrogens (tertiary/aromatic N) is 2. The van der Waals surface area contributed by atoms with Crippen LogP contribution in [0.25, 0.3) is 0 Å². The SMILES string of the molecule is CC1CCCCC1NC1CC[C@@](C(=O)N2CCc3ncc(C(F)(F)F)cc3C2)(C(C)C)C1. The molecule has 3 aliphatic rings. The zero-order chi connectivity index (χ0) is 23.1. The van der Waals surface area contributed by atoms with Gasteiger partial charge in [0.25, 0.3) is 0 Å². The molecule has 32 heavy (non-hydrogen) atoms. The Kier molecular flexibility index (Phi) is 6.59. The van der Waals surface area contributed by atoms with Gasteiger partial charge in [-0.15, -0.1) is 0 Å². The summed E-state index contributed by atoms with van der Waals surface area (Å²) in [5.74, 6) is 0.964. The molecule has 1 aliphatic heterocycles. The second-order valence-electron chi connectivity index (χ2n) is 10.6. The number of fused-ring (bicyclic) bond motifs is 1. The highest BCUT2D eigenvalue weighted by Crippen LogP contribution is 2.47. The molecule has 4 atom stereocenters. The number of hydrogen-bond donors (Lipinski definition) is 1. The van der Waals surface area contributed by atoms with Crippen LogP contribution in [0, 0.1) is 17.3 Å². The standard InChI is InChI=1S/C25H36F3N3O/c1-16(2)24(10-8-20(13-24)30-21-7-5-4-6-17(21)3)23(32)31-11-9-22-18(15-31)12-19(14-29-22)25(26,27)28/h12,14,16-17,20-21,30H,4-11,13,15H2,1-3H3/t17?,20?,21?,24-/m0/s1. The van der Waals surface area contributed by atoms with Crippen LogP contribution in [0.1, 0.15) is 82.5 Å². The lowest BCUT2D eigenvalue weighted by Crippen LogP contribution is -2.49. The molecule has 0 spiro atoms. The lowest BCUT2D eigenvalue weighted by atomic mass is 9.73. The summed E-state index contributed by atoms with van der Waals surface area (Å²) in [5.41, 5.74) is 0.0260. The minimum Gasteiger partial charge on any atom is -0.337 e. The van der Waals surface area contributed by atoms with Gasteiger partial charge in [-0.2, -0.15) is 13.2 Å². The Morgan fingerprint density at radius 3 is 2.69 bits per heavy atom. The maximum absolute atomic E-state index is 13.8. The third-order valence-electron chi connectivity index (χ3n) is 8.30. The van der Waals surface area contributed by atoms with Crippen molar-refractivity contribution in [1.82, 2.24) is 15.2 Å². The van der Waals surface area contributed by atoms with Crippen LogP contribution < -0.4 is 5.32 Å². The molecule has 4 nitrogen and oxygen atoms in total. The molecule has 0 saturated heterocycles. The molecular weight excluding hydrogens is 415 g/mol. The lowest BCUT2D eigenvalue weighted by molar-refractivity contribution is -0.146. The molecule has 2 saturated carbocycles. The number of nitrogens with one attached hydrogen (secondary N) is 1. The van der Waals surface area contributed by atoms with Gasteiger partial charge >= 0.3 is 6.18 Å². The normalized spacial score (nSPS) is 31.1. The number of carbonyl (C=O) groups is 1. The third-order valence-corrected chi connectivity index (χ3v) is 8.30. The smallest absolute Gasteiger partial charge is 0.337 e. The number of aromatic nitrogens is 1. The molecule has 178 valence electrons. The number of alkyl halides is 3. The minimum absolute atomic E-state index is 0.108. The van der Waals surface area contributed by atoms with Gasteiger partial charge in [0, 0.05) is 43.5 Å². The van der Waals surface area contributed by atoms with Crippen molar-refractivity contribution in [2.24, 2.45) is 17.3 Å². The molecule has 0 radical (unpaired) electrons. The van der Waals surface area contributed by atoms with Crippen molar-refractivity contribution < 1.29 is 18.0 Å². The Labute approximate surface area is 189 Å². The Morgan fingerprint density at radius 2 is 2.00 bits per heavy atom. The van der Waals surface area contributed by atoms with E-state index in [9.17, 15) is 18.0 Å². The van der Waals surface area contributed by atoms with Crippen molar-refractivity contribution in [3.05, 3.63) is 29.1 Å². The van der Waals surface area contributed by atoms with Crippen molar-refractivity contribution in [3.8, 4) is 0 Å². The largest absolute Gasteiger partial charge is 0.417 e. The molecule has 4 rings (SSSR count). The molecule has 2 fully saturated rings. The zero-order valence-electron chi connectivity index (χ0n) is 19.5. The summed E-state index contributed by atoms with van der Waals surface area (Å²) >= 11 is 0. The van der Waals surface area contributed by atoms with E-state index in [0.29, 0.717) is 42.2 Å². The molecule has 3 unspecified atom stereocenters. The highest BCUT2D eigenvalue weighted by Gasteiger charge is 2.50. The van der Waals surface area contributed by atoms with E-state index in [1.165, 1.54) is 31.7 Å². The lowest BCUT2D eigenvalue weighted by Gasteiger charge is -2.40. The fraction of sp³-hybridized carbons (Fsp3) is 0.760. The predicted octanol–water partition coefficient (Wildman–Crippen LogP) is 5.35. The van der Waals surface area contributed by atoms with Crippen LogP contribution >= 0.6 is 0 Å². The third kappa shape index (κ3) is 4.55. The molecule has 1 amide bonds. The molecule has 2 heterocycles. The van der Waals surface area contributed by atoms with Crippen LogP contribution in [0.3, 0.4) is 0 Å². The molecule has 7 heteroatoms. The first kappa shape index (κ1) is 23.5. The summed E-state index contributed by atoms with van der Waals surface area (Å²) in [7, 11) is 0. The van der Waals surface area contributed by atoms with Crippen molar-refractivity contribution >= 4 is 5.91 Å². The second-order valence-corrected chi connectivity index (χ2v) is 10.6. The molecule has 2 aliphatic carbocycles. The first-order valence-electron chi connectivity index (χ1n) is 12.2. The number of carbonyl (C=O) groups excluding carboxylic acids is 1. The van der Waals surface area contributed by atoms with Gasteiger partial charge < -0.3 is 10.2 Å². The van der Waals surface area contributed by atoms with E-state index in [2.05, 4.69) is 31.1 Å². The summed E-state index contributed by atoms with van der Waals surface area (Å²) in [4.78, 5) is 19.6. The predicted molar refractivity (Wildman–Crippen MR) is 118 cm³/mol. The number of hydrogen-bond acceptors (Lipinski definition) is 3. The van der Waals surface area contributed by atoms with Crippen molar-refractivity contribution in [2.45, 2.75) is 96.9 Å². The minimum atomic E-state index is -4.42. The second kappa shape index (κ2) is 8.96. The van der Waals surface area contributed by atoms with Gasteiger partial charge in [-0.05, 0) is 55.6 Å². The molecular formula is C25H36F3N3O. The Bertz CT molecular complexity index is 840. The van der Waals surface area contributed by atoms with E-state index >= 15 is 0 Å². The summed E-state index contributed by atoms with van der Waals surface area (Å²) in [5, 5.41) is 3.87. The monoisotopic (exact) mass is 451 g/mol. The van der Waals surface area contributed by atoms with Crippen molar-refractivity contribution in [1.29, 1.82) is 0 Å². The maximum atomic E-state index is 13.8. The first-order chi connectivity index (χ1) is 15.1. The Hall–Kier alpha value is -1.63. The molecule has 0 bridgehead atoms. The molecule has 1 N–H and O–H groups in total. The Balaban J connectivity index is 1.48. The average Bonchev–Trinajstić information content (AvgIpc) is 3.19. The van der Waals surface area contributed by atoms with Crippen molar-refractivity contribution in [3.63, 3.8) is 0 Å². The zero-order valence-corrected chi connectivity index (χ0v) is 19.5. The van der Waals surface area contributed by atoms with Gasteiger partial charge in [0.15, 0.2) is 0 Å². The van der Waals surface area contributed by atoms with Crippen LogP contribution in [-0.4, -0.2) is 34.4 Å². The quantitative estimate of drug-likeness (QED) is 0.671. The van der Waals surface area contributed by atoms with Crippen molar-refractivity contribution in [2.75, 3.05) is 6.54 Å². The summed E-state index contributed by atoms with van der Waals surface area (Å²) in [6.07, 6.45) is 4.68. The molecule has 1 aromatic heterocycles. The molecule has 0 aromatic carbocycles. The van der Waals surface area contributed by atoms with E-state index in [0.717, 1.165) is 25.5 Å². The highest BCUT2D eigenvalue weighted by atomic mass is 19.4. The number of amides is 1. The first-order valence-corrected chi connectivity index (χ1v) is 12.2. The van der Waals surface area contributed by atoms with Crippen LogP contribution in [0.4, 0.5) is 13.2 Å². The topological polar surface area (TPSA) is 45.2 Å². The van der Waals surface area contributed by atoms with E-state index in [4.69, 9.17) is 0 Å². The average molecular weight is 452 g/mol. The molecule has 1 aromatic rings. The number of halogens is 3. The van der Waals surface area contributed by atoms with Gasteiger partial charge in [0.1, 0.15) is 0 Å².